The molecule has 1 fully saturated rings. The Balaban J connectivity index is 1.47. The van der Waals surface area contributed by atoms with Crippen molar-refractivity contribution in [3.05, 3.63) is 66.0 Å². The van der Waals surface area contributed by atoms with Gasteiger partial charge in [-0.05, 0) is 36.0 Å². The fourth-order valence-electron chi connectivity index (χ4n) is 4.33. The van der Waals surface area contributed by atoms with E-state index in [9.17, 15) is 9.90 Å². The quantitative estimate of drug-likeness (QED) is 0.565. The summed E-state index contributed by atoms with van der Waals surface area (Å²) in [6, 6.07) is 14.2. The van der Waals surface area contributed by atoms with E-state index >= 15 is 0 Å². The molecule has 32 heavy (non-hydrogen) atoms. The van der Waals surface area contributed by atoms with Gasteiger partial charge in [-0.15, -0.1) is 0 Å². The molecule has 174 valence electrons. The molecule has 0 radical (unpaired) electrons. The van der Waals surface area contributed by atoms with Crippen molar-refractivity contribution in [2.24, 2.45) is 5.92 Å². The van der Waals surface area contributed by atoms with Crippen molar-refractivity contribution in [1.82, 2.24) is 20.1 Å². The minimum absolute atomic E-state index is 0.0643. The van der Waals surface area contributed by atoms with E-state index in [2.05, 4.69) is 52.1 Å². The smallest absolute Gasteiger partial charge is 0.220 e. The van der Waals surface area contributed by atoms with Crippen LogP contribution in [-0.2, 0) is 17.8 Å². The number of nitrogens with zero attached hydrogens (tertiary/aromatic N) is 3. The van der Waals surface area contributed by atoms with Gasteiger partial charge in [-0.3, -0.25) is 19.6 Å². The second-order valence-corrected chi connectivity index (χ2v) is 9.38. The van der Waals surface area contributed by atoms with E-state index in [4.69, 9.17) is 0 Å². The summed E-state index contributed by atoms with van der Waals surface area (Å²) in [7, 11) is 0. The molecule has 0 aliphatic carbocycles. The first-order chi connectivity index (χ1) is 15.5. The van der Waals surface area contributed by atoms with Crippen LogP contribution in [0.3, 0.4) is 0 Å². The lowest BCUT2D eigenvalue weighted by molar-refractivity contribution is -0.122. The number of aromatic nitrogens is 1. The highest BCUT2D eigenvalue weighted by Crippen LogP contribution is 2.13. The molecular weight excluding hydrogens is 400 g/mol. The average molecular weight is 439 g/mol. The van der Waals surface area contributed by atoms with Crippen molar-refractivity contribution in [2.75, 3.05) is 32.7 Å². The van der Waals surface area contributed by atoms with Crippen LogP contribution in [-0.4, -0.2) is 70.7 Å². The number of hydrogen-bond acceptors (Lipinski definition) is 5. The van der Waals surface area contributed by atoms with Gasteiger partial charge >= 0.3 is 0 Å². The SMILES string of the molecule is CC(C)CC(=O)NC(Cc1ccccc1)CC(O)CN1CCN(Cc2cccnc2)CC1. The minimum Gasteiger partial charge on any atom is -0.392 e. The highest BCUT2D eigenvalue weighted by Gasteiger charge is 2.23. The van der Waals surface area contributed by atoms with E-state index in [0.29, 0.717) is 25.3 Å². The number of β-amino-alcohol motifs (C(OH)–C–C–N with tert-alkyl or cyclic N) is 1. The number of amides is 1. The van der Waals surface area contributed by atoms with Crippen LogP contribution in [0.1, 0.15) is 37.8 Å². The Kier molecular flexibility index (Phi) is 9.65. The van der Waals surface area contributed by atoms with Gasteiger partial charge in [-0.25, -0.2) is 0 Å². The molecule has 0 saturated carbocycles. The van der Waals surface area contributed by atoms with E-state index < -0.39 is 6.10 Å². The number of aliphatic hydroxyl groups is 1. The van der Waals surface area contributed by atoms with Crippen molar-refractivity contribution in [3.63, 3.8) is 0 Å². The molecule has 1 aliphatic heterocycles. The van der Waals surface area contributed by atoms with Gasteiger partial charge in [0.05, 0.1) is 6.10 Å². The third-order valence-electron chi connectivity index (χ3n) is 5.90. The maximum absolute atomic E-state index is 12.4. The van der Waals surface area contributed by atoms with E-state index in [1.54, 1.807) is 6.20 Å². The number of carbonyl (C=O) groups is 1. The highest BCUT2D eigenvalue weighted by molar-refractivity contribution is 5.76. The van der Waals surface area contributed by atoms with Crippen molar-refractivity contribution < 1.29 is 9.90 Å². The van der Waals surface area contributed by atoms with E-state index in [-0.39, 0.29) is 11.9 Å². The predicted molar refractivity (Wildman–Crippen MR) is 128 cm³/mol. The van der Waals surface area contributed by atoms with Gasteiger partial charge in [0.25, 0.3) is 0 Å². The number of rotatable bonds is 11. The van der Waals surface area contributed by atoms with E-state index in [1.165, 1.54) is 11.1 Å². The summed E-state index contributed by atoms with van der Waals surface area (Å²) in [5.74, 6) is 0.386. The average Bonchev–Trinajstić information content (AvgIpc) is 2.76. The van der Waals surface area contributed by atoms with Crippen molar-refractivity contribution in [1.29, 1.82) is 0 Å². The number of hydrogen-bond donors (Lipinski definition) is 2. The molecule has 2 heterocycles. The molecule has 0 spiro atoms. The summed E-state index contributed by atoms with van der Waals surface area (Å²) in [6.45, 7) is 9.53. The second-order valence-electron chi connectivity index (χ2n) is 9.38. The summed E-state index contributed by atoms with van der Waals surface area (Å²) in [4.78, 5) is 21.4. The highest BCUT2D eigenvalue weighted by atomic mass is 16.3. The number of benzene rings is 1. The maximum atomic E-state index is 12.4. The number of pyridine rings is 1. The van der Waals surface area contributed by atoms with E-state index in [1.807, 2.05) is 30.5 Å². The Morgan fingerprint density at radius 1 is 1.03 bits per heavy atom. The molecule has 6 heteroatoms. The topological polar surface area (TPSA) is 68.7 Å². The van der Waals surface area contributed by atoms with Crippen LogP contribution in [0.5, 0.6) is 0 Å². The summed E-state index contributed by atoms with van der Waals surface area (Å²) in [6.07, 6.45) is 5.08. The van der Waals surface area contributed by atoms with Crippen LogP contribution >= 0.6 is 0 Å². The third kappa shape index (κ3) is 8.69. The maximum Gasteiger partial charge on any atom is 0.220 e. The van der Waals surface area contributed by atoms with Gasteiger partial charge in [-0.2, -0.15) is 0 Å². The van der Waals surface area contributed by atoms with Crippen LogP contribution in [0.15, 0.2) is 54.9 Å². The van der Waals surface area contributed by atoms with E-state index in [0.717, 1.165) is 39.1 Å². The lowest BCUT2D eigenvalue weighted by Gasteiger charge is -2.36. The van der Waals surface area contributed by atoms with Gasteiger partial charge in [0.2, 0.25) is 5.91 Å². The first-order valence-electron chi connectivity index (χ1n) is 11.8. The van der Waals surface area contributed by atoms with Gasteiger partial charge in [0, 0.05) is 64.1 Å². The molecule has 1 aliphatic rings. The molecular formula is C26H38N4O2. The lowest BCUT2D eigenvalue weighted by atomic mass is 9.99. The van der Waals surface area contributed by atoms with Crippen molar-refractivity contribution >= 4 is 5.91 Å². The van der Waals surface area contributed by atoms with Gasteiger partial charge in [0.15, 0.2) is 0 Å². The van der Waals surface area contributed by atoms with Crippen molar-refractivity contribution in [2.45, 2.75) is 51.8 Å². The Hall–Kier alpha value is -2.28. The minimum atomic E-state index is -0.465. The zero-order valence-electron chi connectivity index (χ0n) is 19.5. The zero-order chi connectivity index (χ0) is 22.8. The molecule has 2 aromatic rings. The lowest BCUT2D eigenvalue weighted by Crippen LogP contribution is -2.49. The second kappa shape index (κ2) is 12.7. The molecule has 1 aromatic heterocycles. The van der Waals surface area contributed by atoms with Gasteiger partial charge < -0.3 is 10.4 Å². The summed E-state index contributed by atoms with van der Waals surface area (Å²) >= 11 is 0. The molecule has 2 unspecified atom stereocenters. The summed E-state index contributed by atoms with van der Waals surface area (Å²) in [5, 5.41) is 14.0. The van der Waals surface area contributed by atoms with Gasteiger partial charge in [-0.1, -0.05) is 50.2 Å². The third-order valence-corrected chi connectivity index (χ3v) is 5.90. The first-order valence-corrected chi connectivity index (χ1v) is 11.8. The molecule has 0 bridgehead atoms. The van der Waals surface area contributed by atoms with Crippen LogP contribution in [0.25, 0.3) is 0 Å². The standard InChI is InChI=1S/C26H38N4O2/c1-21(2)15-26(32)28-24(16-22-7-4-3-5-8-22)17-25(31)20-30-13-11-29(12-14-30)19-23-9-6-10-27-18-23/h3-10,18,21,24-25,31H,11-17,19-20H2,1-2H3,(H,28,32). The molecule has 2 atom stereocenters. The Morgan fingerprint density at radius 3 is 2.38 bits per heavy atom. The largest absolute Gasteiger partial charge is 0.392 e. The first kappa shape index (κ1) is 24.4. The molecule has 2 N–H and O–H groups in total. The number of piperazine rings is 1. The number of carbonyl (C=O) groups excluding carboxylic acids is 1. The summed E-state index contributed by atoms with van der Waals surface area (Å²) < 4.78 is 0. The Morgan fingerprint density at radius 2 is 1.72 bits per heavy atom. The molecule has 3 rings (SSSR count). The molecule has 1 aromatic carbocycles. The monoisotopic (exact) mass is 438 g/mol. The number of nitrogens with one attached hydrogen (secondary N) is 1. The van der Waals surface area contributed by atoms with Crippen LogP contribution in [0.2, 0.25) is 0 Å². The predicted octanol–water partition coefficient (Wildman–Crippen LogP) is 2.72. The Bertz CT molecular complexity index is 792. The molecule has 1 amide bonds. The summed E-state index contributed by atoms with van der Waals surface area (Å²) in [5.41, 5.74) is 2.42. The fraction of sp³-hybridized carbons (Fsp3) is 0.538. The van der Waals surface area contributed by atoms with Crippen LogP contribution < -0.4 is 5.32 Å². The zero-order valence-corrected chi connectivity index (χ0v) is 19.5. The normalized spacial score (nSPS) is 17.2. The van der Waals surface area contributed by atoms with Crippen LogP contribution in [0, 0.1) is 5.92 Å². The number of aliphatic hydroxyl groups excluding tert-OH is 1. The fourth-order valence-corrected chi connectivity index (χ4v) is 4.33. The molecule has 6 nitrogen and oxygen atoms in total. The molecule has 1 saturated heterocycles. The Labute approximate surface area is 192 Å². The van der Waals surface area contributed by atoms with Crippen LogP contribution in [0.4, 0.5) is 0 Å². The van der Waals surface area contributed by atoms with Crippen molar-refractivity contribution in [3.8, 4) is 0 Å². The van der Waals surface area contributed by atoms with Gasteiger partial charge in [0.1, 0.15) is 0 Å².